The second-order valence-corrected chi connectivity index (χ2v) is 10.5. The molecule has 0 heterocycles. The highest BCUT2D eigenvalue weighted by Gasteiger charge is 2.44. The van der Waals surface area contributed by atoms with Crippen LogP contribution >= 0.6 is 11.6 Å². The molecule has 2 aromatic rings. The van der Waals surface area contributed by atoms with Gasteiger partial charge < -0.3 is 9.47 Å². The van der Waals surface area contributed by atoms with Crippen molar-refractivity contribution >= 4 is 11.6 Å². The fourth-order valence-electron chi connectivity index (χ4n) is 4.96. The normalized spacial score (nSPS) is 18.4. The molecule has 0 saturated heterocycles. The standard InChI is InChI=1S/C29H35ClF6O2/c1-2-3-4-5-6-7-8-9-20-10-12-21(13-11-20)28(33,34)37-22-14-16-24(26(31)18-22)29(35,36)38-23-15-17-25(30)27(32)19-23/h14-21H,2-13H2,1H3. The second-order valence-electron chi connectivity index (χ2n) is 10.1. The summed E-state index contributed by atoms with van der Waals surface area (Å²) < 4.78 is 96.0. The first-order chi connectivity index (χ1) is 18.0. The van der Waals surface area contributed by atoms with E-state index in [9.17, 15) is 26.3 Å². The van der Waals surface area contributed by atoms with Crippen LogP contribution in [0.4, 0.5) is 26.3 Å². The van der Waals surface area contributed by atoms with E-state index in [1.165, 1.54) is 38.5 Å². The van der Waals surface area contributed by atoms with Gasteiger partial charge in [0, 0.05) is 12.1 Å². The van der Waals surface area contributed by atoms with Crippen molar-refractivity contribution in [3.05, 3.63) is 58.6 Å². The molecule has 38 heavy (non-hydrogen) atoms. The molecule has 1 aliphatic carbocycles. The molecule has 3 rings (SSSR count). The Hall–Kier alpha value is -2.09. The summed E-state index contributed by atoms with van der Waals surface area (Å²) in [4.78, 5) is 0. The van der Waals surface area contributed by atoms with Gasteiger partial charge in [0.1, 0.15) is 28.7 Å². The Bertz CT molecular complexity index is 1020. The molecule has 2 nitrogen and oxygen atoms in total. The second kappa shape index (κ2) is 13.8. The highest BCUT2D eigenvalue weighted by Crippen LogP contribution is 2.42. The van der Waals surface area contributed by atoms with Crippen molar-refractivity contribution in [1.29, 1.82) is 0 Å². The van der Waals surface area contributed by atoms with E-state index in [0.29, 0.717) is 37.0 Å². The minimum absolute atomic E-state index is 0.290. The number of hydrogen-bond acceptors (Lipinski definition) is 2. The van der Waals surface area contributed by atoms with Gasteiger partial charge in [-0.25, -0.2) is 8.78 Å². The lowest BCUT2D eigenvalue weighted by atomic mass is 9.79. The quantitative estimate of drug-likeness (QED) is 0.168. The van der Waals surface area contributed by atoms with Crippen molar-refractivity contribution in [3.8, 4) is 11.5 Å². The van der Waals surface area contributed by atoms with Gasteiger partial charge >= 0.3 is 12.2 Å². The smallest absolute Gasteiger partial charge is 0.429 e. The van der Waals surface area contributed by atoms with Crippen LogP contribution in [0.25, 0.3) is 0 Å². The summed E-state index contributed by atoms with van der Waals surface area (Å²) in [6.07, 6.45) is 3.74. The maximum Gasteiger partial charge on any atom is 0.429 e. The molecule has 0 atom stereocenters. The molecule has 1 aliphatic rings. The third-order valence-electron chi connectivity index (χ3n) is 7.18. The predicted octanol–water partition coefficient (Wildman–Crippen LogP) is 10.7. The van der Waals surface area contributed by atoms with Gasteiger partial charge in [-0.15, -0.1) is 0 Å². The Balaban J connectivity index is 1.50. The van der Waals surface area contributed by atoms with Gasteiger partial charge in [-0.05, 0) is 55.9 Å². The number of unbranched alkanes of at least 4 members (excludes halogenated alkanes) is 6. The lowest BCUT2D eigenvalue weighted by Gasteiger charge is -2.33. The molecule has 0 bridgehead atoms. The van der Waals surface area contributed by atoms with Crippen LogP contribution in [-0.4, -0.2) is 6.11 Å². The summed E-state index contributed by atoms with van der Waals surface area (Å²) in [6, 6.07) is 4.59. The highest BCUT2D eigenvalue weighted by molar-refractivity contribution is 6.30. The van der Waals surface area contributed by atoms with Crippen LogP contribution in [0.3, 0.4) is 0 Å². The lowest BCUT2D eigenvalue weighted by molar-refractivity contribution is -0.223. The average molecular weight is 565 g/mol. The molecule has 0 N–H and O–H groups in total. The SMILES string of the molecule is CCCCCCCCCC1CCC(C(F)(F)Oc2ccc(C(F)(F)Oc3ccc(Cl)c(F)c3)c(F)c2)CC1. The van der Waals surface area contributed by atoms with Crippen LogP contribution in [-0.2, 0) is 6.11 Å². The average Bonchev–Trinajstić information content (AvgIpc) is 2.85. The molecular formula is C29H35ClF6O2. The maximum atomic E-state index is 14.8. The Labute approximate surface area is 225 Å². The van der Waals surface area contributed by atoms with E-state index in [2.05, 4.69) is 11.7 Å². The van der Waals surface area contributed by atoms with E-state index in [1.807, 2.05) is 0 Å². The molecule has 0 spiro atoms. The fourth-order valence-corrected chi connectivity index (χ4v) is 5.07. The van der Waals surface area contributed by atoms with Crippen molar-refractivity contribution in [2.24, 2.45) is 11.8 Å². The molecule has 0 radical (unpaired) electrons. The third-order valence-corrected chi connectivity index (χ3v) is 7.49. The van der Waals surface area contributed by atoms with Crippen LogP contribution in [0.5, 0.6) is 11.5 Å². The number of alkyl halides is 4. The first-order valence-electron chi connectivity index (χ1n) is 13.4. The summed E-state index contributed by atoms with van der Waals surface area (Å²) in [5, 5.41) is -0.295. The van der Waals surface area contributed by atoms with E-state index in [-0.39, 0.29) is 17.9 Å². The van der Waals surface area contributed by atoms with Crippen molar-refractivity contribution in [1.82, 2.24) is 0 Å². The predicted molar refractivity (Wildman–Crippen MR) is 136 cm³/mol. The summed E-state index contributed by atoms with van der Waals surface area (Å²) >= 11 is 5.52. The lowest BCUT2D eigenvalue weighted by Crippen LogP contribution is -2.37. The zero-order chi connectivity index (χ0) is 27.8. The van der Waals surface area contributed by atoms with Gasteiger partial charge in [-0.2, -0.15) is 17.6 Å². The van der Waals surface area contributed by atoms with Gasteiger partial charge in [0.05, 0.1) is 10.9 Å². The zero-order valence-electron chi connectivity index (χ0n) is 21.6. The Morgan fingerprint density at radius 1 is 0.763 bits per heavy atom. The van der Waals surface area contributed by atoms with E-state index in [0.717, 1.165) is 31.0 Å². The van der Waals surface area contributed by atoms with Crippen LogP contribution in [0.1, 0.15) is 89.5 Å². The first kappa shape index (κ1) is 30.5. The molecule has 212 valence electrons. The minimum Gasteiger partial charge on any atom is -0.432 e. The molecule has 2 aromatic carbocycles. The summed E-state index contributed by atoms with van der Waals surface area (Å²) in [6.45, 7) is 2.19. The van der Waals surface area contributed by atoms with Gasteiger partial charge in [0.2, 0.25) is 0 Å². The third kappa shape index (κ3) is 8.72. The monoisotopic (exact) mass is 564 g/mol. The number of rotatable bonds is 14. The largest absolute Gasteiger partial charge is 0.432 e. The van der Waals surface area contributed by atoms with E-state index in [4.69, 9.17) is 16.3 Å². The summed E-state index contributed by atoms with van der Waals surface area (Å²) in [7, 11) is 0. The molecule has 1 fully saturated rings. The number of hydrogen-bond donors (Lipinski definition) is 0. The van der Waals surface area contributed by atoms with Gasteiger partial charge in [-0.3, -0.25) is 0 Å². The first-order valence-corrected chi connectivity index (χ1v) is 13.8. The van der Waals surface area contributed by atoms with Crippen molar-refractivity contribution < 1.29 is 35.8 Å². The van der Waals surface area contributed by atoms with Crippen LogP contribution in [0.15, 0.2) is 36.4 Å². The Morgan fingerprint density at radius 2 is 1.34 bits per heavy atom. The van der Waals surface area contributed by atoms with Crippen LogP contribution < -0.4 is 9.47 Å². The van der Waals surface area contributed by atoms with E-state index in [1.54, 1.807) is 0 Å². The zero-order valence-corrected chi connectivity index (χ0v) is 22.3. The Morgan fingerprint density at radius 3 is 1.97 bits per heavy atom. The van der Waals surface area contributed by atoms with Crippen molar-refractivity contribution in [2.45, 2.75) is 96.2 Å². The maximum absolute atomic E-state index is 14.8. The molecule has 0 amide bonds. The number of ether oxygens (including phenoxy) is 2. The molecule has 9 heteroatoms. The van der Waals surface area contributed by atoms with E-state index < -0.39 is 46.8 Å². The molecular weight excluding hydrogens is 530 g/mol. The van der Waals surface area contributed by atoms with Crippen LogP contribution in [0, 0.1) is 23.5 Å². The summed E-state index contributed by atoms with van der Waals surface area (Å²) in [5.41, 5.74) is -1.20. The summed E-state index contributed by atoms with van der Waals surface area (Å²) in [5.74, 6) is -4.22. The van der Waals surface area contributed by atoms with Gasteiger partial charge in [0.15, 0.2) is 0 Å². The fraction of sp³-hybridized carbons (Fsp3) is 0.586. The van der Waals surface area contributed by atoms with E-state index >= 15 is 0 Å². The molecule has 1 saturated carbocycles. The van der Waals surface area contributed by atoms with Crippen molar-refractivity contribution in [3.63, 3.8) is 0 Å². The minimum atomic E-state index is -4.20. The number of halogens is 7. The highest BCUT2D eigenvalue weighted by atomic mass is 35.5. The van der Waals surface area contributed by atoms with Crippen LogP contribution in [0.2, 0.25) is 5.02 Å². The van der Waals surface area contributed by atoms with Gasteiger partial charge in [-0.1, -0.05) is 69.9 Å². The number of benzene rings is 2. The van der Waals surface area contributed by atoms with Crippen molar-refractivity contribution in [2.75, 3.05) is 0 Å². The molecule has 0 aliphatic heterocycles. The van der Waals surface area contributed by atoms with Gasteiger partial charge in [0.25, 0.3) is 0 Å². The topological polar surface area (TPSA) is 18.5 Å². The molecule has 0 aromatic heterocycles. The molecule has 0 unspecified atom stereocenters. The Kier molecular flexibility index (Phi) is 11.1.